The molecule has 0 saturated carbocycles. The monoisotopic (exact) mass is 286 g/mol. The van der Waals surface area contributed by atoms with Crippen molar-refractivity contribution in [2.24, 2.45) is 16.6 Å². The van der Waals surface area contributed by atoms with E-state index in [0.717, 1.165) is 12.0 Å². The maximum Gasteiger partial charge on any atom is 0.247 e. The highest BCUT2D eigenvalue weighted by atomic mass is 16.2. The number of carbonyl (C=O) groups excluding carboxylic acids is 1. The fourth-order valence-electron chi connectivity index (χ4n) is 2.43. The molecule has 3 N–H and O–H groups in total. The number of nitrogens with one attached hydrogen (secondary N) is 1. The Morgan fingerprint density at radius 2 is 2.52 bits per heavy atom. The van der Waals surface area contributed by atoms with Gasteiger partial charge in [0.15, 0.2) is 0 Å². The number of rotatable bonds is 2. The Kier molecular flexibility index (Phi) is 4.38. The van der Waals surface area contributed by atoms with E-state index in [4.69, 9.17) is 11.0 Å². The van der Waals surface area contributed by atoms with Crippen LogP contribution in [0.4, 0.5) is 5.69 Å². The van der Waals surface area contributed by atoms with Crippen LogP contribution in [0, 0.1) is 17.4 Å². The van der Waals surface area contributed by atoms with Gasteiger partial charge in [0.2, 0.25) is 18.1 Å². The van der Waals surface area contributed by atoms with E-state index < -0.39 is 6.04 Å². The van der Waals surface area contributed by atoms with Crippen LogP contribution >= 0.6 is 0 Å². The quantitative estimate of drug-likeness (QED) is 0.480. The normalized spacial score (nSPS) is 20.0. The molecule has 0 aliphatic carbocycles. The predicted octanol–water partition coefficient (Wildman–Crippen LogP) is 1.05. The number of fused-ring (bicyclic) bond motifs is 1. The average molecular weight is 286 g/mol. The summed E-state index contributed by atoms with van der Waals surface area (Å²) in [4.78, 5) is 21.8. The number of nitrogens with zero attached hydrogens (tertiary/aromatic N) is 4. The predicted molar refractivity (Wildman–Crippen MR) is 78.9 cm³/mol. The molecule has 2 unspecified atom stereocenters. The molecule has 0 bridgehead atoms. The first kappa shape index (κ1) is 14.8. The van der Waals surface area contributed by atoms with Gasteiger partial charge in [0.25, 0.3) is 0 Å². The van der Waals surface area contributed by atoms with Gasteiger partial charge in [0, 0.05) is 12.7 Å². The van der Waals surface area contributed by atoms with Crippen LogP contribution < -0.4 is 11.1 Å². The molecule has 1 aromatic heterocycles. The summed E-state index contributed by atoms with van der Waals surface area (Å²) in [6.45, 7) is 4.39. The van der Waals surface area contributed by atoms with Gasteiger partial charge in [0.05, 0.1) is 11.9 Å². The molecule has 7 nitrogen and oxygen atoms in total. The number of carbonyl (C=O) groups is 1. The van der Waals surface area contributed by atoms with Gasteiger partial charge in [-0.15, -0.1) is 4.99 Å². The number of anilines is 1. The first-order chi connectivity index (χ1) is 10.1. The van der Waals surface area contributed by atoms with Crippen LogP contribution in [0.1, 0.15) is 25.8 Å². The second-order valence-corrected chi connectivity index (χ2v) is 5.05. The van der Waals surface area contributed by atoms with Gasteiger partial charge in [-0.1, -0.05) is 20.3 Å². The summed E-state index contributed by atoms with van der Waals surface area (Å²) in [5, 5.41) is 11.6. The summed E-state index contributed by atoms with van der Waals surface area (Å²) in [7, 11) is 0. The van der Waals surface area contributed by atoms with Crippen molar-refractivity contribution in [3.63, 3.8) is 0 Å². The van der Waals surface area contributed by atoms with E-state index in [2.05, 4.69) is 15.3 Å². The third-order valence-corrected chi connectivity index (χ3v) is 3.76. The van der Waals surface area contributed by atoms with Gasteiger partial charge in [-0.2, -0.15) is 5.26 Å². The summed E-state index contributed by atoms with van der Waals surface area (Å²) in [5.74, 6) is -0.0329. The largest absolute Gasteiger partial charge is 0.369 e. The van der Waals surface area contributed by atoms with Gasteiger partial charge in [0.1, 0.15) is 6.04 Å². The molecule has 0 aromatic carbocycles. The van der Waals surface area contributed by atoms with E-state index in [9.17, 15) is 4.79 Å². The number of pyridine rings is 1. The first-order valence-corrected chi connectivity index (χ1v) is 6.81. The van der Waals surface area contributed by atoms with E-state index in [1.807, 2.05) is 19.9 Å². The lowest BCUT2D eigenvalue weighted by molar-refractivity contribution is -0.121. The van der Waals surface area contributed by atoms with Crippen LogP contribution in [0.25, 0.3) is 0 Å². The maximum atomic E-state index is 12.5. The third kappa shape index (κ3) is 2.94. The van der Waals surface area contributed by atoms with Crippen LogP contribution in [0.15, 0.2) is 23.5 Å². The van der Waals surface area contributed by atoms with E-state index in [-0.39, 0.29) is 17.8 Å². The Labute approximate surface area is 123 Å². The second kappa shape index (κ2) is 6.22. The van der Waals surface area contributed by atoms with E-state index in [1.54, 1.807) is 23.5 Å². The van der Waals surface area contributed by atoms with Crippen molar-refractivity contribution in [1.82, 2.24) is 9.88 Å². The molecule has 1 aromatic rings. The van der Waals surface area contributed by atoms with Crippen LogP contribution in [0.2, 0.25) is 0 Å². The maximum absolute atomic E-state index is 12.5. The van der Waals surface area contributed by atoms with Crippen LogP contribution in [-0.2, 0) is 11.3 Å². The number of hydrogen-bond acceptors (Lipinski definition) is 4. The number of hydrogen-bond donors (Lipinski definition) is 2. The molecule has 21 heavy (non-hydrogen) atoms. The van der Waals surface area contributed by atoms with Gasteiger partial charge in [-0.3, -0.25) is 9.78 Å². The molecule has 2 rings (SSSR count). The molecule has 7 heteroatoms. The lowest BCUT2D eigenvalue weighted by Gasteiger charge is -2.32. The minimum Gasteiger partial charge on any atom is -0.369 e. The average Bonchev–Trinajstić information content (AvgIpc) is 2.62. The van der Waals surface area contributed by atoms with E-state index in [0.29, 0.717) is 12.2 Å². The van der Waals surface area contributed by atoms with Crippen molar-refractivity contribution in [3.8, 4) is 6.19 Å². The number of nitriles is 1. The van der Waals surface area contributed by atoms with Crippen molar-refractivity contribution in [2.75, 3.05) is 5.32 Å². The van der Waals surface area contributed by atoms with Crippen LogP contribution in [0.5, 0.6) is 0 Å². The lowest BCUT2D eigenvalue weighted by atomic mass is 9.97. The Balaban J connectivity index is 2.48. The molecule has 0 saturated heterocycles. The standard InChI is InChI=1S/C14H18N6O/c1-3-9(2)12-13(21)19-11-6-17-5-4-10(11)7-20(12)14(16)18-8-15/h4-6,9,12H,3,7H2,1-2H3,(H2,16,18)(H,19,21). The summed E-state index contributed by atoms with van der Waals surface area (Å²) >= 11 is 0. The topological polar surface area (TPSA) is 107 Å². The molecule has 0 fully saturated rings. The van der Waals surface area contributed by atoms with Gasteiger partial charge in [-0.05, 0) is 17.5 Å². The minimum absolute atomic E-state index is 0.0580. The summed E-state index contributed by atoms with van der Waals surface area (Å²) in [6, 6.07) is 1.35. The van der Waals surface area contributed by atoms with Crippen molar-refractivity contribution >= 4 is 17.6 Å². The van der Waals surface area contributed by atoms with Crippen molar-refractivity contribution in [1.29, 1.82) is 5.26 Å². The minimum atomic E-state index is -0.473. The Hall–Kier alpha value is -2.62. The first-order valence-electron chi connectivity index (χ1n) is 6.81. The van der Waals surface area contributed by atoms with Gasteiger partial charge < -0.3 is 16.0 Å². The van der Waals surface area contributed by atoms with Crippen LogP contribution in [0.3, 0.4) is 0 Å². The van der Waals surface area contributed by atoms with E-state index >= 15 is 0 Å². The Bertz CT molecular complexity index is 606. The zero-order valence-corrected chi connectivity index (χ0v) is 12.1. The molecule has 1 amide bonds. The number of guanidine groups is 1. The molecular weight excluding hydrogens is 268 g/mol. The molecule has 2 atom stereocenters. The molecule has 0 radical (unpaired) electrons. The molecule has 0 spiro atoms. The third-order valence-electron chi connectivity index (χ3n) is 3.76. The lowest BCUT2D eigenvalue weighted by Crippen LogP contribution is -2.51. The van der Waals surface area contributed by atoms with Crippen molar-refractivity contribution in [2.45, 2.75) is 32.9 Å². The molecule has 2 heterocycles. The number of nitrogens with two attached hydrogens (primary N) is 1. The van der Waals surface area contributed by atoms with Crippen molar-refractivity contribution < 1.29 is 4.79 Å². The van der Waals surface area contributed by atoms with Gasteiger partial charge >= 0.3 is 0 Å². The molecule has 1 aliphatic rings. The molecular formula is C14H18N6O. The summed E-state index contributed by atoms with van der Waals surface area (Å²) in [6.07, 6.45) is 5.76. The fourth-order valence-corrected chi connectivity index (χ4v) is 2.43. The van der Waals surface area contributed by atoms with Gasteiger partial charge in [-0.25, -0.2) is 0 Å². The highest BCUT2D eigenvalue weighted by molar-refractivity contribution is 5.99. The molecule has 110 valence electrons. The Morgan fingerprint density at radius 3 is 3.19 bits per heavy atom. The van der Waals surface area contributed by atoms with Crippen LogP contribution in [-0.4, -0.2) is 27.8 Å². The SMILES string of the molecule is CCC(C)C1C(=O)Nc2cnccc2CN1C(N)=NC#N. The zero-order chi connectivity index (χ0) is 15.4. The summed E-state index contributed by atoms with van der Waals surface area (Å²) < 4.78 is 0. The highest BCUT2D eigenvalue weighted by Gasteiger charge is 2.35. The fraction of sp³-hybridized carbons (Fsp3) is 0.429. The van der Waals surface area contributed by atoms with Crippen molar-refractivity contribution in [3.05, 3.63) is 24.0 Å². The summed E-state index contributed by atoms with van der Waals surface area (Å²) in [5.41, 5.74) is 7.45. The molecule has 1 aliphatic heterocycles. The number of aromatic nitrogens is 1. The number of amides is 1. The Morgan fingerprint density at radius 1 is 1.76 bits per heavy atom. The zero-order valence-electron chi connectivity index (χ0n) is 12.1. The smallest absolute Gasteiger partial charge is 0.247 e. The highest BCUT2D eigenvalue weighted by Crippen LogP contribution is 2.26. The number of aliphatic imine (C=N–C) groups is 1. The van der Waals surface area contributed by atoms with E-state index in [1.165, 1.54) is 0 Å². The second-order valence-electron chi connectivity index (χ2n) is 5.05.